The molecule has 0 spiro atoms. The summed E-state index contributed by atoms with van der Waals surface area (Å²) in [4.78, 5) is 9.07. The zero-order valence-electron chi connectivity index (χ0n) is 16.3. The molecule has 2 aromatic rings. The van der Waals surface area contributed by atoms with Crippen LogP contribution in [0.5, 0.6) is 0 Å². The number of piperidine rings is 1. The Labute approximate surface area is 161 Å². The van der Waals surface area contributed by atoms with E-state index in [9.17, 15) is 8.42 Å². The number of pyridine rings is 2. The molecule has 8 heteroatoms. The highest BCUT2D eigenvalue weighted by Gasteiger charge is 2.31. The molecule has 27 heavy (non-hydrogen) atoms. The van der Waals surface area contributed by atoms with Crippen molar-refractivity contribution in [3.63, 3.8) is 0 Å². The minimum atomic E-state index is -3.40. The van der Waals surface area contributed by atoms with Crippen LogP contribution in [-0.2, 0) is 10.2 Å². The number of anilines is 2. The molecule has 0 aromatic carbocycles. The van der Waals surface area contributed by atoms with E-state index in [1.165, 1.54) is 4.31 Å². The van der Waals surface area contributed by atoms with Crippen molar-refractivity contribution in [2.24, 2.45) is 0 Å². The highest BCUT2D eigenvalue weighted by Crippen LogP contribution is 2.30. The van der Waals surface area contributed by atoms with E-state index < -0.39 is 10.2 Å². The first kappa shape index (κ1) is 19.7. The third-order valence-corrected chi connectivity index (χ3v) is 6.74. The second-order valence-electron chi connectivity index (χ2n) is 7.20. The number of aryl methyl sites for hydroxylation is 2. The molecule has 0 bridgehead atoms. The van der Waals surface area contributed by atoms with E-state index in [1.54, 1.807) is 24.6 Å². The number of hydrogen-bond donors (Lipinski definition) is 1. The number of rotatable bonds is 5. The number of aromatic nitrogens is 2. The normalized spacial score (nSPS) is 18.6. The lowest BCUT2D eigenvalue weighted by Gasteiger charge is -2.33. The smallest absolute Gasteiger partial charge is 0.281 e. The quantitative estimate of drug-likeness (QED) is 0.851. The molecule has 1 saturated heterocycles. The van der Waals surface area contributed by atoms with E-state index in [2.05, 4.69) is 15.3 Å². The first-order valence-electron chi connectivity index (χ1n) is 9.12. The van der Waals surface area contributed by atoms with Gasteiger partial charge in [-0.25, -0.2) is 4.98 Å². The van der Waals surface area contributed by atoms with Crippen molar-refractivity contribution in [1.82, 2.24) is 18.6 Å². The van der Waals surface area contributed by atoms with Crippen molar-refractivity contribution in [3.8, 4) is 0 Å². The molecule has 1 atom stereocenters. The highest BCUT2D eigenvalue weighted by molar-refractivity contribution is 7.86. The van der Waals surface area contributed by atoms with Crippen LogP contribution >= 0.6 is 0 Å². The van der Waals surface area contributed by atoms with Crippen LogP contribution in [0, 0.1) is 13.8 Å². The predicted octanol–water partition coefficient (Wildman–Crippen LogP) is 2.82. The summed E-state index contributed by atoms with van der Waals surface area (Å²) in [7, 11) is -0.261. The van der Waals surface area contributed by atoms with Gasteiger partial charge in [0.25, 0.3) is 10.2 Å². The van der Waals surface area contributed by atoms with E-state index in [1.807, 2.05) is 38.1 Å². The molecule has 1 aliphatic heterocycles. The van der Waals surface area contributed by atoms with Crippen molar-refractivity contribution in [2.45, 2.75) is 32.6 Å². The van der Waals surface area contributed by atoms with E-state index >= 15 is 0 Å². The van der Waals surface area contributed by atoms with Crippen molar-refractivity contribution < 1.29 is 8.42 Å². The molecule has 0 saturated carbocycles. The van der Waals surface area contributed by atoms with Crippen molar-refractivity contribution in [1.29, 1.82) is 0 Å². The van der Waals surface area contributed by atoms with Crippen LogP contribution in [0.25, 0.3) is 0 Å². The Balaban J connectivity index is 1.84. The zero-order valence-corrected chi connectivity index (χ0v) is 17.1. The molecule has 1 fully saturated rings. The first-order chi connectivity index (χ1) is 12.8. The fourth-order valence-electron chi connectivity index (χ4n) is 3.35. The average molecular weight is 390 g/mol. The molecule has 2 aromatic heterocycles. The van der Waals surface area contributed by atoms with Crippen molar-refractivity contribution in [2.75, 3.05) is 32.5 Å². The van der Waals surface area contributed by atoms with Gasteiger partial charge in [-0.05, 0) is 50.5 Å². The standard InChI is InChI=1S/C19H27N5O2S/c1-14-7-5-9-20-19(14)22-17-11-15(2)21-18(12-17)16-8-6-10-24(13-16)27(25,26)23(3)4/h5,7,9,11-12,16H,6,8,10,13H2,1-4H3,(H,20,21,22). The molecule has 146 valence electrons. The number of nitrogens with zero attached hydrogens (tertiary/aromatic N) is 4. The second kappa shape index (κ2) is 7.92. The summed E-state index contributed by atoms with van der Waals surface area (Å²) in [5.74, 6) is 0.897. The highest BCUT2D eigenvalue weighted by atomic mass is 32.2. The Morgan fingerprint density at radius 2 is 2.04 bits per heavy atom. The predicted molar refractivity (Wildman–Crippen MR) is 107 cm³/mol. The minimum absolute atomic E-state index is 0.0822. The van der Waals surface area contributed by atoms with Crippen molar-refractivity contribution in [3.05, 3.63) is 47.4 Å². The molecule has 3 rings (SSSR count). The van der Waals surface area contributed by atoms with Crippen LogP contribution in [-0.4, -0.2) is 54.2 Å². The molecule has 1 aliphatic rings. The minimum Gasteiger partial charge on any atom is -0.340 e. The summed E-state index contributed by atoms with van der Waals surface area (Å²) in [6.45, 7) is 4.98. The summed E-state index contributed by atoms with van der Waals surface area (Å²) in [5, 5.41) is 3.36. The summed E-state index contributed by atoms with van der Waals surface area (Å²) < 4.78 is 27.8. The topological polar surface area (TPSA) is 78.4 Å². The SMILES string of the molecule is Cc1cc(Nc2ncccc2C)cc(C2CCCN(S(=O)(=O)N(C)C)C2)n1. The molecule has 1 N–H and O–H groups in total. The van der Waals surface area contributed by atoms with Gasteiger partial charge in [-0.3, -0.25) is 4.98 Å². The van der Waals surface area contributed by atoms with E-state index in [-0.39, 0.29) is 5.92 Å². The maximum absolute atomic E-state index is 12.5. The largest absolute Gasteiger partial charge is 0.340 e. The molecule has 7 nitrogen and oxygen atoms in total. The van der Waals surface area contributed by atoms with Gasteiger partial charge in [0.1, 0.15) is 5.82 Å². The van der Waals surface area contributed by atoms with Gasteiger partial charge in [-0.1, -0.05) is 6.07 Å². The Kier molecular flexibility index (Phi) is 5.78. The Bertz CT molecular complexity index is 914. The Morgan fingerprint density at radius 1 is 1.26 bits per heavy atom. The summed E-state index contributed by atoms with van der Waals surface area (Å²) >= 11 is 0. The first-order valence-corrected chi connectivity index (χ1v) is 10.5. The monoisotopic (exact) mass is 389 g/mol. The van der Waals surface area contributed by atoms with Gasteiger partial charge in [-0.2, -0.15) is 17.0 Å². The molecule has 0 aliphatic carbocycles. The van der Waals surface area contributed by atoms with Crippen LogP contribution in [0.2, 0.25) is 0 Å². The lowest BCUT2D eigenvalue weighted by molar-refractivity contribution is 0.296. The lowest BCUT2D eigenvalue weighted by atomic mass is 9.95. The second-order valence-corrected chi connectivity index (χ2v) is 9.35. The molecular weight excluding hydrogens is 362 g/mol. The van der Waals surface area contributed by atoms with Crippen LogP contribution in [0.4, 0.5) is 11.5 Å². The molecule has 0 amide bonds. The van der Waals surface area contributed by atoms with E-state index in [0.29, 0.717) is 13.1 Å². The van der Waals surface area contributed by atoms with Gasteiger partial charge >= 0.3 is 0 Å². The van der Waals surface area contributed by atoms with Gasteiger partial charge in [0.15, 0.2) is 0 Å². The number of hydrogen-bond acceptors (Lipinski definition) is 5. The van der Waals surface area contributed by atoms with Crippen LogP contribution in [0.1, 0.15) is 35.7 Å². The Hall–Kier alpha value is -2.03. The molecular formula is C19H27N5O2S. The zero-order chi connectivity index (χ0) is 19.6. The number of nitrogens with one attached hydrogen (secondary N) is 1. The van der Waals surface area contributed by atoms with Gasteiger partial charge < -0.3 is 5.32 Å². The maximum Gasteiger partial charge on any atom is 0.281 e. The summed E-state index contributed by atoms with van der Waals surface area (Å²) in [5.41, 5.74) is 3.81. The van der Waals surface area contributed by atoms with Gasteiger partial charge in [0, 0.05) is 56.4 Å². The molecule has 1 unspecified atom stereocenters. The molecule has 3 heterocycles. The van der Waals surface area contributed by atoms with Gasteiger partial charge in [-0.15, -0.1) is 0 Å². The fourth-order valence-corrected chi connectivity index (χ4v) is 4.54. The lowest BCUT2D eigenvalue weighted by Crippen LogP contribution is -2.45. The van der Waals surface area contributed by atoms with E-state index in [0.717, 1.165) is 41.3 Å². The van der Waals surface area contributed by atoms with Crippen LogP contribution < -0.4 is 5.32 Å². The maximum atomic E-state index is 12.5. The average Bonchev–Trinajstić information content (AvgIpc) is 2.63. The van der Waals surface area contributed by atoms with Crippen LogP contribution in [0.3, 0.4) is 0 Å². The van der Waals surface area contributed by atoms with Gasteiger partial charge in [0.2, 0.25) is 0 Å². The van der Waals surface area contributed by atoms with Crippen molar-refractivity contribution >= 4 is 21.7 Å². The molecule has 0 radical (unpaired) electrons. The third kappa shape index (κ3) is 4.45. The fraction of sp³-hybridized carbons (Fsp3) is 0.474. The summed E-state index contributed by atoms with van der Waals surface area (Å²) in [6, 6.07) is 7.91. The summed E-state index contributed by atoms with van der Waals surface area (Å²) in [6.07, 6.45) is 3.52. The third-order valence-electron chi connectivity index (χ3n) is 4.84. The van der Waals surface area contributed by atoms with E-state index in [4.69, 9.17) is 0 Å². The van der Waals surface area contributed by atoms with Crippen LogP contribution in [0.15, 0.2) is 30.5 Å². The van der Waals surface area contributed by atoms with Gasteiger partial charge in [0.05, 0.1) is 0 Å². The Morgan fingerprint density at radius 3 is 2.74 bits per heavy atom.